The van der Waals surface area contributed by atoms with Crippen molar-refractivity contribution in [1.82, 2.24) is 0 Å². The van der Waals surface area contributed by atoms with Gasteiger partial charge in [0.05, 0.1) is 67.1 Å². The predicted molar refractivity (Wildman–Crippen MR) is 136 cm³/mol. The first kappa shape index (κ1) is 27.3. The van der Waals surface area contributed by atoms with E-state index in [4.69, 9.17) is 18.9 Å². The maximum atomic E-state index is 10.3. The Morgan fingerprint density at radius 2 is 1.38 bits per heavy atom. The van der Waals surface area contributed by atoms with Crippen molar-refractivity contribution in [1.29, 1.82) is 5.26 Å². The second-order valence-electron chi connectivity index (χ2n) is 9.73. The molecule has 34 heavy (non-hydrogen) atoms. The molecule has 0 amide bonds. The molecule has 0 spiro atoms. The largest absolute Gasteiger partial charge is 0.493 e. The summed E-state index contributed by atoms with van der Waals surface area (Å²) in [7, 11) is 11.1. The van der Waals surface area contributed by atoms with Crippen LogP contribution >= 0.6 is 0 Å². The van der Waals surface area contributed by atoms with E-state index in [2.05, 4.69) is 46.1 Å². The lowest BCUT2D eigenvalue weighted by Gasteiger charge is -2.35. The van der Waals surface area contributed by atoms with Crippen LogP contribution in [0.1, 0.15) is 37.8 Å². The van der Waals surface area contributed by atoms with Crippen LogP contribution in [0.3, 0.4) is 0 Å². The average molecular weight is 470 g/mol. The van der Waals surface area contributed by atoms with Gasteiger partial charge in [-0.2, -0.15) is 5.26 Å². The number of hydrogen-bond donors (Lipinski definition) is 0. The Morgan fingerprint density at radius 1 is 0.824 bits per heavy atom. The van der Waals surface area contributed by atoms with Crippen molar-refractivity contribution in [2.24, 2.45) is 5.92 Å². The monoisotopic (exact) mass is 469 g/mol. The number of quaternary nitrogens is 1. The molecular weight excluding hydrogens is 428 g/mol. The van der Waals surface area contributed by atoms with Gasteiger partial charge in [-0.1, -0.05) is 26.0 Å². The number of methoxy groups -OCH3 is 4. The van der Waals surface area contributed by atoms with E-state index in [0.717, 1.165) is 53.9 Å². The van der Waals surface area contributed by atoms with Crippen LogP contribution in [0.5, 0.6) is 23.0 Å². The zero-order valence-electron chi connectivity index (χ0n) is 22.1. The highest BCUT2D eigenvalue weighted by atomic mass is 16.5. The molecule has 2 rings (SSSR count). The molecule has 0 radical (unpaired) electrons. The first-order chi connectivity index (χ1) is 16.2. The highest BCUT2D eigenvalue weighted by molar-refractivity contribution is 5.47. The Labute approximate surface area is 205 Å². The van der Waals surface area contributed by atoms with Crippen molar-refractivity contribution in [2.45, 2.75) is 38.5 Å². The van der Waals surface area contributed by atoms with Crippen LogP contribution in [-0.2, 0) is 11.8 Å². The van der Waals surface area contributed by atoms with Gasteiger partial charge in [0.1, 0.15) is 0 Å². The van der Waals surface area contributed by atoms with Crippen LogP contribution in [0.15, 0.2) is 36.4 Å². The summed E-state index contributed by atoms with van der Waals surface area (Å²) in [5.74, 6) is 3.01. The summed E-state index contributed by atoms with van der Waals surface area (Å²) >= 11 is 0. The smallest absolute Gasteiger partial charge is 0.161 e. The van der Waals surface area contributed by atoms with Crippen molar-refractivity contribution >= 4 is 0 Å². The van der Waals surface area contributed by atoms with E-state index in [-0.39, 0.29) is 5.92 Å². The number of benzene rings is 2. The van der Waals surface area contributed by atoms with Gasteiger partial charge in [0.15, 0.2) is 23.0 Å². The van der Waals surface area contributed by atoms with Gasteiger partial charge < -0.3 is 23.4 Å². The molecule has 0 saturated carbocycles. The maximum absolute atomic E-state index is 10.3. The summed E-state index contributed by atoms with van der Waals surface area (Å²) in [4.78, 5) is 0. The van der Waals surface area contributed by atoms with Crippen LogP contribution < -0.4 is 18.9 Å². The molecule has 0 aliphatic rings. The number of ether oxygens (including phenoxy) is 4. The van der Waals surface area contributed by atoms with Crippen LogP contribution in [0.2, 0.25) is 0 Å². The molecule has 6 nitrogen and oxygen atoms in total. The van der Waals surface area contributed by atoms with Crippen molar-refractivity contribution in [2.75, 3.05) is 55.6 Å². The van der Waals surface area contributed by atoms with Gasteiger partial charge in [0.2, 0.25) is 0 Å². The molecule has 6 heteroatoms. The lowest BCUT2D eigenvalue weighted by molar-refractivity contribution is -0.890. The summed E-state index contributed by atoms with van der Waals surface area (Å²) in [5.41, 5.74) is 1.63. The zero-order chi connectivity index (χ0) is 25.4. The van der Waals surface area contributed by atoms with Gasteiger partial charge >= 0.3 is 0 Å². The number of nitrogens with zero attached hydrogens (tertiary/aromatic N) is 2. The van der Waals surface area contributed by atoms with E-state index in [1.807, 2.05) is 24.3 Å². The van der Waals surface area contributed by atoms with Crippen LogP contribution in [-0.4, -0.2) is 60.1 Å². The number of hydrogen-bond acceptors (Lipinski definition) is 5. The third kappa shape index (κ3) is 6.36. The van der Waals surface area contributed by atoms with Crippen molar-refractivity contribution in [3.05, 3.63) is 47.5 Å². The summed E-state index contributed by atoms with van der Waals surface area (Å²) in [5, 5.41) is 10.3. The SMILES string of the molecule is COc1ccc(CC[N+](C)(C)CCCC(C#N)(c2ccc(OC)c(OC)c2)C(C)C)cc1OC. The summed E-state index contributed by atoms with van der Waals surface area (Å²) in [6, 6.07) is 14.6. The van der Waals surface area contributed by atoms with Crippen LogP contribution in [0.25, 0.3) is 0 Å². The molecule has 2 aromatic rings. The van der Waals surface area contributed by atoms with E-state index in [1.54, 1.807) is 28.4 Å². The Balaban J connectivity index is 2.09. The Kier molecular flexibility index (Phi) is 9.64. The lowest BCUT2D eigenvalue weighted by atomic mass is 9.69. The van der Waals surface area contributed by atoms with Crippen LogP contribution in [0, 0.1) is 17.2 Å². The fourth-order valence-electron chi connectivity index (χ4n) is 4.50. The van der Waals surface area contributed by atoms with Crippen molar-refractivity contribution in [3.63, 3.8) is 0 Å². The zero-order valence-corrected chi connectivity index (χ0v) is 22.1. The maximum Gasteiger partial charge on any atom is 0.161 e. The first-order valence-electron chi connectivity index (χ1n) is 11.8. The average Bonchev–Trinajstić information content (AvgIpc) is 2.84. The molecule has 2 aromatic carbocycles. The highest BCUT2D eigenvalue weighted by Gasteiger charge is 2.37. The minimum atomic E-state index is -0.580. The third-order valence-corrected chi connectivity index (χ3v) is 6.87. The molecule has 0 aromatic heterocycles. The van der Waals surface area contributed by atoms with Crippen molar-refractivity contribution < 1.29 is 23.4 Å². The van der Waals surface area contributed by atoms with E-state index in [0.29, 0.717) is 11.5 Å². The van der Waals surface area contributed by atoms with Gasteiger partial charge in [-0.15, -0.1) is 0 Å². The highest BCUT2D eigenvalue weighted by Crippen LogP contribution is 2.40. The first-order valence-corrected chi connectivity index (χ1v) is 11.8. The second kappa shape index (κ2) is 12.0. The molecule has 0 aliphatic carbocycles. The Bertz CT molecular complexity index is 981. The molecule has 0 saturated heterocycles. The van der Waals surface area contributed by atoms with E-state index >= 15 is 0 Å². The van der Waals surface area contributed by atoms with Gasteiger partial charge in [0, 0.05) is 6.42 Å². The summed E-state index contributed by atoms with van der Waals surface area (Å²) in [6.45, 7) is 6.22. The number of likely N-dealkylation sites (N-methyl/N-ethyl adjacent to an activating group) is 1. The fourth-order valence-corrected chi connectivity index (χ4v) is 4.50. The topological polar surface area (TPSA) is 60.7 Å². The molecule has 0 bridgehead atoms. The summed E-state index contributed by atoms with van der Waals surface area (Å²) < 4.78 is 22.6. The van der Waals surface area contributed by atoms with Gasteiger partial charge in [-0.05, 0) is 54.2 Å². The van der Waals surface area contributed by atoms with Crippen molar-refractivity contribution in [3.8, 4) is 29.1 Å². The normalized spacial score (nSPS) is 13.2. The molecule has 0 aliphatic heterocycles. The number of nitriles is 1. The Morgan fingerprint density at radius 3 is 1.91 bits per heavy atom. The van der Waals surface area contributed by atoms with Gasteiger partial charge in [-0.25, -0.2) is 0 Å². The molecule has 1 atom stereocenters. The molecule has 1 unspecified atom stereocenters. The van der Waals surface area contributed by atoms with E-state index < -0.39 is 5.41 Å². The predicted octanol–water partition coefficient (Wildman–Crippen LogP) is 5.24. The van der Waals surface area contributed by atoms with E-state index in [1.165, 1.54) is 5.56 Å². The minimum Gasteiger partial charge on any atom is -0.493 e. The number of rotatable bonds is 13. The van der Waals surface area contributed by atoms with Gasteiger partial charge in [-0.3, -0.25) is 0 Å². The van der Waals surface area contributed by atoms with E-state index in [9.17, 15) is 5.26 Å². The summed E-state index contributed by atoms with van der Waals surface area (Å²) in [6.07, 6.45) is 2.67. The quantitative estimate of drug-likeness (QED) is 0.376. The minimum absolute atomic E-state index is 0.165. The molecule has 186 valence electrons. The molecule has 0 fully saturated rings. The van der Waals surface area contributed by atoms with Crippen LogP contribution in [0.4, 0.5) is 0 Å². The molecular formula is C28H41N2O4+. The second-order valence-corrected chi connectivity index (χ2v) is 9.73. The molecule has 0 heterocycles. The molecule has 0 N–H and O–H groups in total. The Hall–Kier alpha value is -2.91. The fraction of sp³-hybridized carbons (Fsp3) is 0.536. The van der Waals surface area contributed by atoms with Gasteiger partial charge in [0.25, 0.3) is 0 Å². The lowest BCUT2D eigenvalue weighted by Crippen LogP contribution is -2.43. The standard InChI is InChI=1S/C28H41N2O4/c1-21(2)28(20-29,23-11-13-25(32-6)27(19-23)34-8)15-9-16-30(3,4)17-14-22-10-12-24(31-5)26(18-22)33-7/h10-13,18-19,21H,9,14-17H2,1-8H3/q+1. The third-order valence-electron chi connectivity index (χ3n) is 6.87.